The molecule has 12 rings (SSSR count). The number of ether oxygens (including phenoxy) is 5. The Kier molecular flexibility index (Phi) is 31.1. The molecule has 3 aromatic heterocycles. The van der Waals surface area contributed by atoms with E-state index in [4.69, 9.17) is 69.8 Å². The summed E-state index contributed by atoms with van der Waals surface area (Å²) in [7, 11) is 0. The van der Waals surface area contributed by atoms with Crippen molar-refractivity contribution in [2.45, 2.75) is 94.8 Å². The van der Waals surface area contributed by atoms with E-state index in [1.54, 1.807) is 151 Å². The van der Waals surface area contributed by atoms with Gasteiger partial charge in [-0.05, 0) is 186 Å². The van der Waals surface area contributed by atoms with Gasteiger partial charge in [-0.15, -0.1) is 33.4 Å². The van der Waals surface area contributed by atoms with Crippen molar-refractivity contribution in [1.29, 1.82) is 0 Å². The highest BCUT2D eigenvalue weighted by molar-refractivity contribution is 6.40. The zero-order valence-electron chi connectivity index (χ0n) is 55.9. The van der Waals surface area contributed by atoms with Gasteiger partial charge in [-0.2, -0.15) is 19.5 Å². The number of urea groups is 2. The molecule has 0 bridgehead atoms. The van der Waals surface area contributed by atoms with Crippen LogP contribution in [-0.2, 0) is 34.1 Å². The number of H-pyrrole nitrogens is 1. The minimum Gasteiger partial charge on any atom is -0.489 e. The van der Waals surface area contributed by atoms with Gasteiger partial charge >= 0.3 is 24.2 Å². The number of aromatic amines is 1. The second-order valence-electron chi connectivity index (χ2n) is 23.8. The molecule has 25 nitrogen and oxygen atoms in total. The number of amides is 4. The lowest BCUT2D eigenvalue weighted by Gasteiger charge is -2.19. The monoisotopic (exact) mass is 1450 g/mol. The first-order valence-corrected chi connectivity index (χ1v) is 32.2. The molecule has 0 saturated heterocycles. The fourth-order valence-corrected chi connectivity index (χ4v) is 9.13. The van der Waals surface area contributed by atoms with Crippen LogP contribution in [0.3, 0.4) is 0 Å². The molecule has 13 N–H and O–H groups in total. The van der Waals surface area contributed by atoms with E-state index in [0.717, 1.165) is 48.5 Å². The number of carbonyl (C=O) groups excluding carboxylic acids is 5. The zero-order chi connectivity index (χ0) is 72.5. The number of hydrogen-bond acceptors (Lipinski definition) is 18. The number of anilines is 8. The largest absolute Gasteiger partial charge is 0.489 e. The molecule has 0 aliphatic rings. The molecule has 0 atom stereocenters. The van der Waals surface area contributed by atoms with Crippen LogP contribution in [-0.4, -0.2) is 76.6 Å². The fraction of sp³-hybridized carbons (Fsp3) is 0.195. The second kappa shape index (κ2) is 39.4. The predicted octanol–water partition coefficient (Wildman–Crippen LogP) is 18.5. The average Bonchev–Trinajstić information content (AvgIpc) is 1.65. The van der Waals surface area contributed by atoms with Crippen molar-refractivity contribution in [3.8, 4) is 17.2 Å². The van der Waals surface area contributed by atoms with Gasteiger partial charge in [0.25, 0.3) is 0 Å². The maximum absolute atomic E-state index is 12.5. The Morgan fingerprint density at radius 2 is 0.808 bits per heavy atom. The highest BCUT2D eigenvalue weighted by atomic mass is 35.5. The summed E-state index contributed by atoms with van der Waals surface area (Å²) >= 11 is 9.53. The molecular weight excluding hydrogens is 1370 g/mol. The van der Waals surface area contributed by atoms with Crippen molar-refractivity contribution in [1.82, 2.24) is 29.8 Å². The van der Waals surface area contributed by atoms with Crippen LogP contribution in [0.1, 0.15) is 80.5 Å². The Morgan fingerprint density at radius 3 is 1.20 bits per heavy atom. The number of isocyanates is 1. The maximum atomic E-state index is 12.5. The molecule has 0 aliphatic heterocycles. The first-order valence-electron chi connectivity index (χ1n) is 31.1. The van der Waals surface area contributed by atoms with Gasteiger partial charge in [0.2, 0.25) is 6.08 Å². The van der Waals surface area contributed by atoms with E-state index in [1.807, 2.05) is 109 Å². The summed E-state index contributed by atoms with van der Waals surface area (Å²) in [5, 5.41) is 28.0. The summed E-state index contributed by atoms with van der Waals surface area (Å²) in [5.41, 5.74) is 30.6. The first kappa shape index (κ1) is 82.1. The molecule has 0 spiro atoms. The summed E-state index contributed by atoms with van der Waals surface area (Å²) in [6.45, 7) is 12.2. The molecule has 0 fully saturated rings. The van der Waals surface area contributed by atoms with Gasteiger partial charge in [0.05, 0.1) is 27.6 Å². The number of aromatic nitrogens is 6. The van der Waals surface area contributed by atoms with Crippen molar-refractivity contribution >= 4 is 138 Å². The number of rotatable bonds is 14. The number of hydrogen-bond donors (Lipinski definition) is 9. The molecule has 4 amide bonds. The Balaban J connectivity index is 0.000000253. The minimum absolute atomic E-state index is 0. The normalized spacial score (nSPS) is 10.3. The highest BCUT2D eigenvalue weighted by Gasteiger charge is 2.24. The molecule has 0 saturated carbocycles. The number of aliphatic imine (C=N–C) groups is 1. The summed E-state index contributed by atoms with van der Waals surface area (Å²) in [6.07, 6.45) is 0.304. The van der Waals surface area contributed by atoms with E-state index >= 15 is 0 Å². The number of fused-ring (bicyclic) bond motifs is 3. The molecule has 544 valence electrons. The third-order valence-corrected chi connectivity index (χ3v) is 13.7. The Bertz CT molecular complexity index is 4760. The number of nitrogens with zero attached hydrogens (tertiary/aromatic N) is 6. The predicted molar refractivity (Wildman–Crippen MR) is 418 cm³/mol. The third-order valence-electron chi connectivity index (χ3n) is 13.7. The molecule has 0 radical (unpaired) electrons. The Morgan fingerprint density at radius 1 is 0.462 bits per heavy atom. The van der Waals surface area contributed by atoms with Gasteiger partial charge in [0, 0.05) is 44.6 Å². The van der Waals surface area contributed by atoms with Crippen LogP contribution in [0.4, 0.5) is 70.8 Å². The molecule has 3 heterocycles. The summed E-state index contributed by atoms with van der Waals surface area (Å²) in [5.74, 6) is 2.98. The van der Waals surface area contributed by atoms with E-state index < -0.39 is 29.4 Å². The van der Waals surface area contributed by atoms with E-state index in [2.05, 4.69) is 46.7 Å². The van der Waals surface area contributed by atoms with Gasteiger partial charge in [-0.1, -0.05) is 113 Å². The van der Waals surface area contributed by atoms with E-state index in [1.165, 1.54) is 6.08 Å². The summed E-state index contributed by atoms with van der Waals surface area (Å²) < 4.78 is 30.0. The number of benzene rings is 9. The second-order valence-corrected chi connectivity index (χ2v) is 24.6. The molecule has 104 heavy (non-hydrogen) atoms. The van der Waals surface area contributed by atoms with E-state index in [-0.39, 0.29) is 45.3 Å². The molecule has 9 aromatic carbocycles. The van der Waals surface area contributed by atoms with Gasteiger partial charge in [-0.25, -0.2) is 24.0 Å². The van der Waals surface area contributed by atoms with Crippen LogP contribution in [0.5, 0.6) is 17.2 Å². The number of halogens is 2. The number of carbonyl (C=O) groups is 4. The van der Waals surface area contributed by atoms with Crippen LogP contribution >= 0.6 is 23.2 Å². The van der Waals surface area contributed by atoms with Gasteiger partial charge in [-0.3, -0.25) is 5.10 Å². The Labute approximate surface area is 613 Å². The van der Waals surface area contributed by atoms with Crippen molar-refractivity contribution in [2.24, 2.45) is 4.99 Å². The van der Waals surface area contributed by atoms with Crippen LogP contribution in [0.15, 0.2) is 223 Å². The number of alkyl halides is 2. The van der Waals surface area contributed by atoms with Crippen LogP contribution < -0.4 is 58.4 Å². The molecule has 12 aromatic rings. The standard InChI is InChI=1S/C26H27N5O4.C21H19N5O2.C14H11NO2.C12H16N4O2.CH2Cl2.3CH4/c1-26(2,3)35-25(33)31-22-14-11-19(15-21(22)23(27)30-31)29-24(32)28-18-9-12-20(13-10-18)34-16-17-7-5-4-6-8-17;22-20-18-12-16(8-11-19(18)25-26-20)24-21(27)23-15-6-9-17(10-7-15)28-13-14-4-2-1-3-5-14;16-11-15-13-6-8-14(9-7-13)17-10-12-4-2-1-3-5-12;1-12(2,3)18-11(17)16-9-5-4-7(13)6-8(9)10(14)15-16;2-1-3;;;/h4-15H,16H2,1-3H3,(H2,27,30)(H2,28,29,32);1-12H,13H2,(H3,22,25,26)(H2,23,24,27);1-9H,10H2;4-6H,13H2,1-3H3,(H2,14,15);1H2;3*1H4. The van der Waals surface area contributed by atoms with Crippen LogP contribution in [0.25, 0.3) is 32.7 Å². The molecule has 27 heteroatoms. The molecular formula is C77H87Cl2N15O10. The van der Waals surface area contributed by atoms with Gasteiger partial charge < -0.3 is 67.9 Å². The van der Waals surface area contributed by atoms with Crippen molar-refractivity contribution in [3.63, 3.8) is 0 Å². The summed E-state index contributed by atoms with van der Waals surface area (Å²) in [4.78, 5) is 62.7. The number of nitrogens with two attached hydrogens (primary N) is 4. The van der Waals surface area contributed by atoms with Crippen molar-refractivity contribution < 1.29 is 47.7 Å². The van der Waals surface area contributed by atoms with E-state index in [0.29, 0.717) is 87.3 Å². The quantitative estimate of drug-likeness (QED) is 0.0211. The van der Waals surface area contributed by atoms with Gasteiger partial charge in [0.15, 0.2) is 17.5 Å². The highest BCUT2D eigenvalue weighted by Crippen LogP contribution is 2.29. The molecule has 0 aliphatic carbocycles. The van der Waals surface area contributed by atoms with Crippen LogP contribution in [0.2, 0.25) is 0 Å². The maximum Gasteiger partial charge on any atom is 0.435 e. The topological polar surface area (TPSA) is 360 Å². The molecule has 0 unspecified atom stereocenters. The SMILES string of the molecule is C.C.C.CC(C)(C)OC(=O)n1nc(N)c2cc(N)ccc21.CC(C)(C)OC(=O)n1nc(N)c2cc(NC(=O)Nc3ccc(OCc4ccccc4)cc3)ccc21.ClCCl.Nc1n[nH]c2ccc(NC(=O)Nc3ccc(OCc4ccccc4)cc3)cc12.O=C=Nc1ccc(OCc2ccccc2)cc1. The van der Waals surface area contributed by atoms with Crippen molar-refractivity contribution in [3.05, 3.63) is 235 Å². The minimum atomic E-state index is -0.671. The average molecular weight is 1450 g/mol. The van der Waals surface area contributed by atoms with E-state index in [9.17, 15) is 24.0 Å². The lowest BCUT2D eigenvalue weighted by atomic mass is 10.2. The van der Waals surface area contributed by atoms with Gasteiger partial charge in [0.1, 0.15) is 48.3 Å². The number of nitrogens with one attached hydrogen (secondary N) is 5. The van der Waals surface area contributed by atoms with Crippen LogP contribution in [0, 0.1) is 0 Å². The first-order chi connectivity index (χ1) is 48.4. The smallest absolute Gasteiger partial charge is 0.435 e. The lowest BCUT2D eigenvalue weighted by Crippen LogP contribution is -2.27. The zero-order valence-corrected chi connectivity index (χ0v) is 57.5. The summed E-state index contributed by atoms with van der Waals surface area (Å²) in [6, 6.07) is 65.6. The third kappa shape index (κ3) is 25.6. The fourth-order valence-electron chi connectivity index (χ4n) is 9.13. The lowest BCUT2D eigenvalue weighted by molar-refractivity contribution is 0.0512. The Hall–Kier alpha value is -12.6. The van der Waals surface area contributed by atoms with Crippen molar-refractivity contribution in [2.75, 3.05) is 49.5 Å². The number of nitrogen functional groups attached to an aromatic ring is 4.